The number of ether oxygens (including phenoxy) is 2. The van der Waals surface area contributed by atoms with Crippen LogP contribution in [-0.4, -0.2) is 24.2 Å². The second kappa shape index (κ2) is 5.88. The minimum atomic E-state index is 0. The van der Waals surface area contributed by atoms with Gasteiger partial charge in [-0.1, -0.05) is 0 Å². The van der Waals surface area contributed by atoms with Crippen molar-refractivity contribution in [3.63, 3.8) is 0 Å². The second-order valence-electron chi connectivity index (χ2n) is 4.13. The van der Waals surface area contributed by atoms with Gasteiger partial charge < -0.3 is 19.6 Å². The Bertz CT molecular complexity index is 760. The number of rotatable bonds is 3. The Labute approximate surface area is 127 Å². The zero-order valence-electron chi connectivity index (χ0n) is 11.5. The summed E-state index contributed by atoms with van der Waals surface area (Å²) in [6, 6.07) is 7.07. The lowest BCUT2D eigenvalue weighted by Gasteiger charge is -2.10. The van der Waals surface area contributed by atoms with Crippen molar-refractivity contribution in [1.82, 2.24) is 9.97 Å². The molecule has 0 amide bonds. The van der Waals surface area contributed by atoms with Crippen LogP contribution in [0.4, 0.5) is 5.82 Å². The van der Waals surface area contributed by atoms with E-state index in [4.69, 9.17) is 19.6 Å². The van der Waals surface area contributed by atoms with E-state index in [2.05, 4.69) is 9.97 Å². The van der Waals surface area contributed by atoms with Crippen LogP contribution in [0.25, 0.3) is 22.5 Å². The number of methoxy groups -OCH3 is 2. The molecule has 21 heavy (non-hydrogen) atoms. The zero-order chi connectivity index (χ0) is 14.1. The van der Waals surface area contributed by atoms with Gasteiger partial charge in [0.2, 0.25) is 0 Å². The quantitative estimate of drug-likeness (QED) is 0.801. The number of anilines is 1. The van der Waals surface area contributed by atoms with Gasteiger partial charge in [-0.05, 0) is 18.2 Å². The highest BCUT2D eigenvalue weighted by atomic mass is 35.5. The lowest BCUT2D eigenvalue weighted by molar-refractivity contribution is 0.356. The first-order valence-corrected chi connectivity index (χ1v) is 5.96. The molecule has 7 heteroatoms. The lowest BCUT2D eigenvalue weighted by atomic mass is 10.2. The monoisotopic (exact) mass is 307 g/mol. The van der Waals surface area contributed by atoms with E-state index in [9.17, 15) is 0 Å². The maximum atomic E-state index is 5.99. The Hall–Kier alpha value is -2.47. The van der Waals surface area contributed by atoms with Gasteiger partial charge in [-0.2, -0.15) is 0 Å². The number of nitrogens with two attached hydrogens (primary N) is 1. The molecule has 0 spiro atoms. The summed E-state index contributed by atoms with van der Waals surface area (Å²) in [6.07, 6.45) is 1.56. The van der Waals surface area contributed by atoms with Gasteiger partial charge in [0.15, 0.2) is 23.1 Å². The van der Waals surface area contributed by atoms with Crippen molar-refractivity contribution in [3.8, 4) is 23.1 Å². The van der Waals surface area contributed by atoms with Gasteiger partial charge in [0.25, 0.3) is 0 Å². The molecule has 2 heterocycles. The molecule has 0 aliphatic rings. The average molecular weight is 308 g/mol. The number of nitrogen functional groups attached to an aromatic ring is 1. The van der Waals surface area contributed by atoms with Gasteiger partial charge in [-0.25, -0.2) is 9.97 Å². The van der Waals surface area contributed by atoms with E-state index in [1.54, 1.807) is 44.7 Å². The van der Waals surface area contributed by atoms with E-state index in [1.807, 2.05) is 0 Å². The van der Waals surface area contributed by atoms with Crippen LogP contribution in [0.15, 0.2) is 34.9 Å². The Morgan fingerprint density at radius 1 is 1.10 bits per heavy atom. The van der Waals surface area contributed by atoms with E-state index in [-0.39, 0.29) is 12.4 Å². The Kier molecular flexibility index (Phi) is 4.18. The number of hydrogen-bond acceptors (Lipinski definition) is 6. The van der Waals surface area contributed by atoms with E-state index in [0.717, 1.165) is 0 Å². The largest absolute Gasteiger partial charge is 0.493 e. The molecular formula is C14H14ClN3O3. The van der Waals surface area contributed by atoms with E-state index >= 15 is 0 Å². The molecule has 0 aliphatic heterocycles. The third-order valence-corrected chi connectivity index (χ3v) is 2.97. The number of aromatic nitrogens is 2. The minimum absolute atomic E-state index is 0. The third-order valence-electron chi connectivity index (χ3n) is 2.97. The fourth-order valence-corrected chi connectivity index (χ4v) is 2.00. The summed E-state index contributed by atoms with van der Waals surface area (Å²) >= 11 is 0. The first kappa shape index (κ1) is 14.9. The van der Waals surface area contributed by atoms with Gasteiger partial charge in [0.1, 0.15) is 5.82 Å². The number of hydrogen-bond donors (Lipinski definition) is 1. The number of furan rings is 1. The molecule has 110 valence electrons. The predicted octanol–water partition coefficient (Wildman–Crippen LogP) is 2.91. The molecule has 0 radical (unpaired) electrons. The van der Waals surface area contributed by atoms with Gasteiger partial charge in [0, 0.05) is 11.5 Å². The van der Waals surface area contributed by atoms with Gasteiger partial charge in [0.05, 0.1) is 26.0 Å². The molecule has 0 saturated carbocycles. The number of fused-ring (bicyclic) bond motifs is 1. The van der Waals surface area contributed by atoms with Crippen LogP contribution in [0, 0.1) is 0 Å². The van der Waals surface area contributed by atoms with Crippen LogP contribution in [-0.2, 0) is 0 Å². The minimum Gasteiger partial charge on any atom is -0.493 e. The predicted molar refractivity (Wildman–Crippen MR) is 82.0 cm³/mol. The van der Waals surface area contributed by atoms with Crippen molar-refractivity contribution in [2.45, 2.75) is 0 Å². The van der Waals surface area contributed by atoms with Crippen molar-refractivity contribution >= 4 is 29.1 Å². The second-order valence-corrected chi connectivity index (χ2v) is 4.13. The molecule has 3 rings (SSSR count). The Morgan fingerprint density at radius 2 is 1.81 bits per heavy atom. The van der Waals surface area contributed by atoms with Crippen molar-refractivity contribution in [1.29, 1.82) is 0 Å². The fourth-order valence-electron chi connectivity index (χ4n) is 2.00. The van der Waals surface area contributed by atoms with Crippen LogP contribution in [0.2, 0.25) is 0 Å². The molecule has 1 aromatic carbocycles. The highest BCUT2D eigenvalue weighted by molar-refractivity contribution is 5.92. The molecule has 0 atom stereocenters. The average Bonchev–Trinajstić information content (AvgIpc) is 3.00. The first-order valence-electron chi connectivity index (χ1n) is 5.96. The highest BCUT2D eigenvalue weighted by Crippen LogP contribution is 2.34. The molecule has 0 saturated heterocycles. The summed E-state index contributed by atoms with van der Waals surface area (Å²) in [5.74, 6) is 2.53. The molecule has 0 bridgehead atoms. The smallest absolute Gasteiger partial charge is 0.198 e. The topological polar surface area (TPSA) is 83.4 Å². The van der Waals surface area contributed by atoms with Gasteiger partial charge in [-0.15, -0.1) is 12.4 Å². The normalized spacial score (nSPS) is 10.2. The van der Waals surface area contributed by atoms with Gasteiger partial charge in [-0.3, -0.25) is 0 Å². The molecule has 2 aromatic heterocycles. The van der Waals surface area contributed by atoms with E-state index in [1.165, 1.54) is 0 Å². The molecule has 0 fully saturated rings. The molecule has 6 nitrogen and oxygen atoms in total. The van der Waals surface area contributed by atoms with Crippen molar-refractivity contribution < 1.29 is 13.9 Å². The maximum absolute atomic E-state index is 5.99. The van der Waals surface area contributed by atoms with Crippen LogP contribution in [0.3, 0.4) is 0 Å². The van der Waals surface area contributed by atoms with Crippen LogP contribution < -0.4 is 15.2 Å². The van der Waals surface area contributed by atoms with Crippen molar-refractivity contribution in [3.05, 3.63) is 30.5 Å². The molecular weight excluding hydrogens is 294 g/mol. The molecule has 0 aliphatic carbocycles. The molecule has 3 aromatic rings. The fraction of sp³-hybridized carbons (Fsp3) is 0.143. The summed E-state index contributed by atoms with van der Waals surface area (Å²) in [7, 11) is 3.14. The number of nitrogens with zero attached hydrogens (tertiary/aromatic N) is 2. The summed E-state index contributed by atoms with van der Waals surface area (Å²) < 4.78 is 15.8. The molecule has 0 unspecified atom stereocenters. The van der Waals surface area contributed by atoms with Gasteiger partial charge >= 0.3 is 0 Å². The van der Waals surface area contributed by atoms with Crippen molar-refractivity contribution in [2.75, 3.05) is 20.0 Å². The standard InChI is InChI=1S/C14H13N3O3.ClH/c1-18-11-6-8-9(7-12(11)19-2)16-14(17-13(8)15)10-4-3-5-20-10;/h3-7H,1-2H3,(H2,15,16,17);1H. The van der Waals surface area contributed by atoms with Crippen LogP contribution in [0.1, 0.15) is 0 Å². The lowest BCUT2D eigenvalue weighted by Crippen LogP contribution is -1.99. The maximum Gasteiger partial charge on any atom is 0.198 e. The highest BCUT2D eigenvalue weighted by Gasteiger charge is 2.13. The summed E-state index contributed by atoms with van der Waals surface area (Å²) in [5.41, 5.74) is 6.66. The zero-order valence-corrected chi connectivity index (χ0v) is 12.3. The summed E-state index contributed by atoms with van der Waals surface area (Å²) in [5, 5.41) is 0.706. The summed E-state index contributed by atoms with van der Waals surface area (Å²) in [4.78, 5) is 8.69. The van der Waals surface area contributed by atoms with Crippen molar-refractivity contribution in [2.24, 2.45) is 0 Å². The first-order chi connectivity index (χ1) is 9.72. The number of benzene rings is 1. The molecule has 2 N–H and O–H groups in total. The van der Waals surface area contributed by atoms with Crippen LogP contribution >= 0.6 is 12.4 Å². The van der Waals surface area contributed by atoms with Crippen LogP contribution in [0.5, 0.6) is 11.5 Å². The Balaban J connectivity index is 0.00000161. The third kappa shape index (κ3) is 2.57. The Morgan fingerprint density at radius 3 is 2.43 bits per heavy atom. The number of halogens is 1. The van der Waals surface area contributed by atoms with E-state index in [0.29, 0.717) is 39.8 Å². The summed E-state index contributed by atoms with van der Waals surface area (Å²) in [6.45, 7) is 0. The van der Waals surface area contributed by atoms with E-state index < -0.39 is 0 Å². The SMILES string of the molecule is COc1cc2nc(-c3ccco3)nc(N)c2cc1OC.Cl.